The Morgan fingerprint density at radius 3 is 2.60 bits per heavy atom. The van der Waals surface area contributed by atoms with Crippen molar-refractivity contribution in [3.63, 3.8) is 0 Å². The Balaban J connectivity index is 1.59. The lowest BCUT2D eigenvalue weighted by molar-refractivity contribution is -0.190. The molecule has 0 radical (unpaired) electrons. The van der Waals surface area contributed by atoms with Crippen molar-refractivity contribution < 1.29 is 14.6 Å². The number of aliphatic carboxylic acids is 1. The predicted molar refractivity (Wildman–Crippen MR) is 114 cm³/mol. The average Bonchev–Trinajstić information content (AvgIpc) is 3.51. The van der Waals surface area contributed by atoms with E-state index in [0.717, 1.165) is 61.8 Å². The smallest absolute Gasteiger partial charge is 0.340 e. The summed E-state index contributed by atoms with van der Waals surface area (Å²) in [5, 5.41) is 14.3. The Bertz CT molecular complexity index is 876. The molecule has 2 bridgehead atoms. The van der Waals surface area contributed by atoms with Crippen molar-refractivity contribution in [2.75, 3.05) is 6.54 Å². The maximum atomic E-state index is 13.1. The number of nitrogens with one attached hydrogen (secondary N) is 1. The van der Waals surface area contributed by atoms with Crippen molar-refractivity contribution in [1.29, 1.82) is 0 Å². The van der Waals surface area contributed by atoms with Gasteiger partial charge in [-0.3, -0.25) is 4.98 Å². The molecule has 5 nitrogen and oxygen atoms in total. The zero-order valence-electron chi connectivity index (χ0n) is 17.3. The van der Waals surface area contributed by atoms with Gasteiger partial charge in [-0.2, -0.15) is 0 Å². The zero-order chi connectivity index (χ0) is 20.6. The van der Waals surface area contributed by atoms with Crippen LogP contribution in [0.25, 0.3) is 0 Å². The van der Waals surface area contributed by atoms with E-state index in [4.69, 9.17) is 4.74 Å². The van der Waals surface area contributed by atoms with Crippen LogP contribution in [-0.4, -0.2) is 34.8 Å². The monoisotopic (exact) mass is 406 g/mol. The van der Waals surface area contributed by atoms with Crippen LogP contribution in [0.4, 0.5) is 0 Å². The van der Waals surface area contributed by atoms with E-state index in [1.54, 1.807) is 6.20 Å². The minimum atomic E-state index is -1.28. The fourth-order valence-corrected chi connectivity index (χ4v) is 5.99. The number of aromatic nitrogens is 1. The summed E-state index contributed by atoms with van der Waals surface area (Å²) in [5.74, 6) is -0.412. The van der Waals surface area contributed by atoms with Crippen molar-refractivity contribution in [2.24, 2.45) is 11.8 Å². The molecule has 1 saturated heterocycles. The summed E-state index contributed by atoms with van der Waals surface area (Å²) in [5.41, 5.74) is 1.66. The molecular weight excluding hydrogens is 376 g/mol. The van der Waals surface area contributed by atoms with E-state index in [1.165, 1.54) is 0 Å². The second-order valence-corrected chi connectivity index (χ2v) is 9.15. The maximum Gasteiger partial charge on any atom is 0.340 e. The number of hydrogen-bond acceptors (Lipinski definition) is 4. The van der Waals surface area contributed by atoms with E-state index < -0.39 is 11.6 Å². The van der Waals surface area contributed by atoms with Crippen LogP contribution in [0.1, 0.15) is 55.2 Å². The third kappa shape index (κ3) is 3.34. The van der Waals surface area contributed by atoms with Crippen molar-refractivity contribution in [2.45, 2.75) is 62.7 Å². The number of fused-ring (bicyclic) bond motifs is 2. The first kappa shape index (κ1) is 19.7. The number of hydrogen-bond donors (Lipinski definition) is 2. The van der Waals surface area contributed by atoms with Gasteiger partial charge in [-0.15, -0.1) is 0 Å². The van der Waals surface area contributed by atoms with E-state index in [-0.39, 0.29) is 18.1 Å². The first-order valence-electron chi connectivity index (χ1n) is 11.3. The second kappa shape index (κ2) is 8.12. The first-order valence-corrected chi connectivity index (χ1v) is 11.3. The molecule has 1 aliphatic heterocycles. The second-order valence-electron chi connectivity index (χ2n) is 9.15. The van der Waals surface area contributed by atoms with Gasteiger partial charge in [0.15, 0.2) is 5.60 Å². The topological polar surface area (TPSA) is 71.5 Å². The van der Waals surface area contributed by atoms with Gasteiger partial charge in [-0.25, -0.2) is 4.79 Å². The number of piperidine rings is 1. The Kier molecular flexibility index (Phi) is 5.34. The summed E-state index contributed by atoms with van der Waals surface area (Å²) in [6.07, 6.45) is 10.4. The number of benzene rings is 1. The van der Waals surface area contributed by atoms with Gasteiger partial charge < -0.3 is 15.2 Å². The van der Waals surface area contributed by atoms with Crippen molar-refractivity contribution in [3.8, 4) is 0 Å². The molecule has 3 aliphatic rings. The number of pyridine rings is 1. The molecule has 158 valence electrons. The summed E-state index contributed by atoms with van der Waals surface area (Å²) in [4.78, 5) is 17.3. The van der Waals surface area contributed by atoms with E-state index in [2.05, 4.69) is 16.4 Å². The summed E-state index contributed by atoms with van der Waals surface area (Å²) in [6.45, 7) is 0.938. The van der Waals surface area contributed by atoms with Gasteiger partial charge in [-0.05, 0) is 60.8 Å². The minimum Gasteiger partial charge on any atom is -0.479 e. The van der Waals surface area contributed by atoms with Gasteiger partial charge in [0, 0.05) is 30.9 Å². The van der Waals surface area contributed by atoms with Crippen LogP contribution in [0.5, 0.6) is 0 Å². The minimum absolute atomic E-state index is 0.00467. The van der Waals surface area contributed by atoms with Crippen molar-refractivity contribution >= 4 is 5.97 Å². The third-order valence-corrected chi connectivity index (χ3v) is 7.46. The van der Waals surface area contributed by atoms with Crippen LogP contribution in [0.2, 0.25) is 0 Å². The Morgan fingerprint density at radius 2 is 1.97 bits per heavy atom. The van der Waals surface area contributed by atoms with Crippen LogP contribution in [-0.2, 0) is 21.6 Å². The highest BCUT2D eigenvalue weighted by atomic mass is 16.5. The number of nitrogens with zero attached hydrogens (tertiary/aromatic N) is 1. The SMILES string of the molecule is O=C(O)C(OC1C2CC[C@@H]1NC2)(c1ccccc1Cc1cccnc1)C1CCCC1. The predicted octanol–water partition coefficient (Wildman–Crippen LogP) is 3.91. The fraction of sp³-hybridized carbons (Fsp3) is 0.520. The van der Waals surface area contributed by atoms with E-state index in [9.17, 15) is 9.90 Å². The molecule has 2 heterocycles. The van der Waals surface area contributed by atoms with Crippen LogP contribution < -0.4 is 5.32 Å². The molecule has 1 aromatic heterocycles. The molecule has 30 heavy (non-hydrogen) atoms. The molecule has 3 unspecified atom stereocenters. The van der Waals surface area contributed by atoms with Crippen LogP contribution in [0, 0.1) is 11.8 Å². The van der Waals surface area contributed by atoms with Crippen LogP contribution in [0.3, 0.4) is 0 Å². The summed E-state index contributed by atoms with van der Waals surface area (Å²) >= 11 is 0. The summed E-state index contributed by atoms with van der Waals surface area (Å²) < 4.78 is 6.82. The standard InChI is InChI=1S/C25H30N2O3/c28-24(29)25(20-8-2-3-9-20,30-23-19-11-12-22(23)27-16-19)21-10-4-1-7-18(21)14-17-6-5-13-26-15-17/h1,4-7,10,13,15,19-20,22-23,27H,2-3,8-9,11-12,14,16H2,(H,28,29)/t19?,22-,23?,25?/m0/s1. The lowest BCUT2D eigenvalue weighted by Gasteiger charge is -2.40. The Hall–Kier alpha value is -2.24. The van der Waals surface area contributed by atoms with E-state index in [0.29, 0.717) is 12.3 Å². The normalized spacial score (nSPS) is 27.9. The number of ether oxygens (including phenoxy) is 1. The molecule has 5 heteroatoms. The molecule has 2 aliphatic carbocycles. The highest BCUT2D eigenvalue weighted by Crippen LogP contribution is 2.48. The maximum absolute atomic E-state index is 13.1. The lowest BCUT2D eigenvalue weighted by Crippen LogP contribution is -2.49. The van der Waals surface area contributed by atoms with Gasteiger partial charge in [0.1, 0.15) is 0 Å². The highest BCUT2D eigenvalue weighted by Gasteiger charge is 2.55. The molecular formula is C25H30N2O3. The molecule has 0 spiro atoms. The summed E-state index contributed by atoms with van der Waals surface area (Å²) in [7, 11) is 0. The molecule has 3 fully saturated rings. The van der Waals surface area contributed by atoms with Crippen molar-refractivity contribution in [1.82, 2.24) is 10.3 Å². The fourth-order valence-electron chi connectivity index (χ4n) is 5.99. The van der Waals surface area contributed by atoms with E-state index >= 15 is 0 Å². The van der Waals surface area contributed by atoms with Crippen molar-refractivity contribution in [3.05, 3.63) is 65.5 Å². The van der Waals surface area contributed by atoms with Gasteiger partial charge >= 0.3 is 5.97 Å². The van der Waals surface area contributed by atoms with Gasteiger partial charge in [-0.1, -0.05) is 43.2 Å². The molecule has 2 saturated carbocycles. The molecule has 2 N–H and O–H groups in total. The number of rotatable bonds is 7. The zero-order valence-corrected chi connectivity index (χ0v) is 17.3. The van der Waals surface area contributed by atoms with Gasteiger partial charge in [0.05, 0.1) is 6.10 Å². The first-order chi connectivity index (χ1) is 14.7. The molecule has 5 rings (SSSR count). The largest absolute Gasteiger partial charge is 0.479 e. The molecule has 0 amide bonds. The third-order valence-electron chi connectivity index (χ3n) is 7.46. The van der Waals surface area contributed by atoms with E-state index in [1.807, 2.05) is 36.5 Å². The van der Waals surface area contributed by atoms with Crippen LogP contribution in [0.15, 0.2) is 48.8 Å². The molecule has 2 aromatic rings. The molecule has 1 aromatic carbocycles. The highest BCUT2D eigenvalue weighted by molar-refractivity contribution is 5.81. The average molecular weight is 407 g/mol. The van der Waals surface area contributed by atoms with Gasteiger partial charge in [0.2, 0.25) is 0 Å². The quantitative estimate of drug-likeness (QED) is 0.729. The number of carboxylic acids is 1. The molecule has 4 atom stereocenters. The number of carboxylic acid groups (broad SMARTS) is 1. The summed E-state index contributed by atoms with van der Waals surface area (Å²) in [6, 6.07) is 12.3. The van der Waals surface area contributed by atoms with Crippen LogP contribution >= 0.6 is 0 Å². The lowest BCUT2D eigenvalue weighted by atomic mass is 9.76. The Morgan fingerprint density at radius 1 is 1.13 bits per heavy atom. The number of carbonyl (C=O) groups is 1. The Labute approximate surface area is 177 Å². The van der Waals surface area contributed by atoms with Gasteiger partial charge in [0.25, 0.3) is 0 Å².